The van der Waals surface area contributed by atoms with Gasteiger partial charge in [0.15, 0.2) is 0 Å². The summed E-state index contributed by atoms with van der Waals surface area (Å²) in [4.78, 5) is 23.2. The maximum absolute atomic E-state index is 11.6. The third kappa shape index (κ3) is 7.70. The van der Waals surface area contributed by atoms with Gasteiger partial charge in [0, 0.05) is 12.8 Å². The first-order valence-electron chi connectivity index (χ1n) is 11.4. The van der Waals surface area contributed by atoms with E-state index in [0.29, 0.717) is 48.3 Å². The topological polar surface area (TPSA) is 134 Å². The average Bonchev–Trinajstić information content (AvgIpc) is 2.83. The zero-order valence-electron chi connectivity index (χ0n) is 19.9. The molecule has 0 heterocycles. The van der Waals surface area contributed by atoms with Crippen molar-refractivity contribution in [2.45, 2.75) is 39.5 Å². The Balaban J connectivity index is 2.23. The second-order valence-electron chi connectivity index (χ2n) is 8.04. The minimum atomic E-state index is -1.85. The highest BCUT2D eigenvalue weighted by Gasteiger charge is 2.38. The van der Waals surface area contributed by atoms with Crippen molar-refractivity contribution >= 4 is 24.1 Å². The molecule has 2 aromatic rings. The van der Waals surface area contributed by atoms with E-state index in [1.54, 1.807) is 48.5 Å². The Hall–Kier alpha value is -3.62. The van der Waals surface area contributed by atoms with Crippen molar-refractivity contribution in [3.05, 3.63) is 71.2 Å². The predicted molar refractivity (Wildman–Crippen MR) is 132 cm³/mol. The van der Waals surface area contributed by atoms with Crippen molar-refractivity contribution in [2.75, 3.05) is 13.2 Å². The molecule has 0 saturated heterocycles. The summed E-state index contributed by atoms with van der Waals surface area (Å²) in [6.07, 6.45) is 4.54. The van der Waals surface area contributed by atoms with Gasteiger partial charge in [0.05, 0.1) is 13.2 Å². The number of carbonyl (C=O) groups is 2. The molecule has 188 valence electrons. The van der Waals surface area contributed by atoms with E-state index in [1.807, 2.05) is 13.8 Å². The van der Waals surface area contributed by atoms with Gasteiger partial charge in [-0.2, -0.15) is 0 Å². The third-order valence-corrected chi connectivity index (χ3v) is 5.26. The van der Waals surface area contributed by atoms with Gasteiger partial charge in [-0.3, -0.25) is 9.59 Å². The Morgan fingerprint density at radius 2 is 1.06 bits per heavy atom. The van der Waals surface area contributed by atoms with E-state index in [9.17, 15) is 30.0 Å². The van der Waals surface area contributed by atoms with Gasteiger partial charge in [0.1, 0.15) is 28.4 Å². The Labute approximate surface area is 204 Å². The third-order valence-electron chi connectivity index (χ3n) is 5.26. The maximum Gasteiger partial charge on any atom is 0.311 e. The summed E-state index contributed by atoms with van der Waals surface area (Å²) in [5.74, 6) is -0.917. The first-order valence-corrected chi connectivity index (χ1v) is 11.4. The van der Waals surface area contributed by atoms with Crippen LogP contribution < -0.4 is 9.47 Å². The molecule has 2 aromatic carbocycles. The fourth-order valence-electron chi connectivity index (χ4n) is 3.13. The molecule has 0 bridgehead atoms. The van der Waals surface area contributed by atoms with Crippen LogP contribution in [0.2, 0.25) is 0 Å². The number of benzene rings is 2. The first kappa shape index (κ1) is 27.6. The van der Waals surface area contributed by atoms with Gasteiger partial charge in [0.2, 0.25) is 0 Å². The van der Waals surface area contributed by atoms with E-state index < -0.39 is 30.1 Å². The van der Waals surface area contributed by atoms with Crippen molar-refractivity contribution in [1.29, 1.82) is 0 Å². The van der Waals surface area contributed by atoms with E-state index in [-0.39, 0.29) is 11.9 Å². The smallest absolute Gasteiger partial charge is 0.311 e. The summed E-state index contributed by atoms with van der Waals surface area (Å²) in [6.45, 7) is 2.20. The lowest BCUT2D eigenvalue weighted by Gasteiger charge is -2.28. The van der Waals surface area contributed by atoms with Crippen LogP contribution in [0, 0.1) is 5.41 Å². The molecule has 2 rings (SSSR count). The van der Waals surface area contributed by atoms with Gasteiger partial charge in [-0.05, 0) is 60.4 Å². The summed E-state index contributed by atoms with van der Waals surface area (Å²) in [7, 11) is 0. The molecule has 0 spiro atoms. The SMILES string of the molecule is CCCC(=O)Oc1ccc(C=C(O)C(CO)(CO)C(O)=Cc2ccc(OC(=O)CCC)cc2)cc1. The molecule has 4 N–H and O–H groups in total. The fraction of sp³-hybridized carbons (Fsp3) is 0.333. The minimum Gasteiger partial charge on any atom is -0.511 e. The number of rotatable bonds is 12. The van der Waals surface area contributed by atoms with Crippen molar-refractivity contribution in [3.63, 3.8) is 0 Å². The lowest BCUT2D eigenvalue weighted by molar-refractivity contribution is -0.135. The van der Waals surface area contributed by atoms with Crippen LogP contribution in [0.4, 0.5) is 0 Å². The molecular weight excluding hydrogens is 452 g/mol. The van der Waals surface area contributed by atoms with Gasteiger partial charge in [-0.15, -0.1) is 0 Å². The highest BCUT2D eigenvalue weighted by Crippen LogP contribution is 2.35. The molecule has 8 heteroatoms. The van der Waals surface area contributed by atoms with Crippen LogP contribution in [-0.2, 0) is 9.59 Å². The molecule has 0 aliphatic carbocycles. The molecule has 0 aliphatic rings. The zero-order valence-corrected chi connectivity index (χ0v) is 19.9. The van der Waals surface area contributed by atoms with Crippen molar-refractivity contribution < 1.29 is 39.5 Å². The molecule has 0 fully saturated rings. The number of carbonyl (C=O) groups excluding carboxylic acids is 2. The molecular formula is C27H32O8. The molecule has 0 amide bonds. The molecule has 8 nitrogen and oxygen atoms in total. The average molecular weight is 485 g/mol. The van der Waals surface area contributed by atoms with Crippen LogP contribution in [0.5, 0.6) is 11.5 Å². The number of aliphatic hydroxyl groups is 4. The monoisotopic (exact) mass is 484 g/mol. The van der Waals surface area contributed by atoms with E-state index >= 15 is 0 Å². The maximum atomic E-state index is 11.6. The summed E-state index contributed by atoms with van der Waals surface area (Å²) < 4.78 is 10.4. The molecule has 0 saturated carbocycles. The lowest BCUT2D eigenvalue weighted by atomic mass is 9.83. The van der Waals surface area contributed by atoms with Crippen LogP contribution in [0.1, 0.15) is 50.7 Å². The quantitative estimate of drug-likeness (QED) is 0.196. The van der Waals surface area contributed by atoms with Crippen molar-refractivity contribution in [2.24, 2.45) is 5.41 Å². The minimum absolute atomic E-state index is 0.302. The number of esters is 2. The standard InChI is InChI=1S/C27H32O8/c1-3-5-25(32)34-21-11-7-19(8-12-21)15-23(30)27(17-28,18-29)24(31)16-20-9-13-22(14-10-20)35-26(33)6-4-2/h7-16,28-31H,3-6,17-18H2,1-2H3. The van der Waals surface area contributed by atoms with E-state index in [1.165, 1.54) is 12.2 Å². The Kier molecular flexibility index (Phi) is 10.5. The Morgan fingerprint density at radius 3 is 1.34 bits per heavy atom. The number of hydrogen-bond donors (Lipinski definition) is 4. The van der Waals surface area contributed by atoms with Gasteiger partial charge in [-0.25, -0.2) is 0 Å². The van der Waals surface area contributed by atoms with Crippen LogP contribution in [0.15, 0.2) is 60.0 Å². The van der Waals surface area contributed by atoms with Crippen molar-refractivity contribution in [1.82, 2.24) is 0 Å². The number of aliphatic hydroxyl groups excluding tert-OH is 4. The molecule has 0 aromatic heterocycles. The normalized spacial score (nSPS) is 12.3. The van der Waals surface area contributed by atoms with Crippen LogP contribution in [0.3, 0.4) is 0 Å². The number of hydrogen-bond acceptors (Lipinski definition) is 8. The second kappa shape index (κ2) is 13.3. The number of ether oxygens (including phenoxy) is 2. The molecule has 0 atom stereocenters. The zero-order chi connectivity index (χ0) is 25.8. The predicted octanol–water partition coefficient (Wildman–Crippen LogP) is 4.57. The molecule has 0 unspecified atom stereocenters. The fourth-order valence-corrected chi connectivity index (χ4v) is 3.13. The molecule has 35 heavy (non-hydrogen) atoms. The summed E-state index contributed by atoms with van der Waals surface area (Å²) in [5, 5.41) is 41.4. The molecule has 0 aliphatic heterocycles. The van der Waals surface area contributed by atoms with E-state index in [0.717, 1.165) is 0 Å². The first-order chi connectivity index (χ1) is 16.8. The summed E-state index contributed by atoms with van der Waals surface area (Å²) in [6, 6.07) is 12.6. The van der Waals surface area contributed by atoms with Crippen LogP contribution >= 0.6 is 0 Å². The largest absolute Gasteiger partial charge is 0.511 e. The molecule has 0 radical (unpaired) electrons. The van der Waals surface area contributed by atoms with E-state index in [4.69, 9.17) is 9.47 Å². The van der Waals surface area contributed by atoms with E-state index in [2.05, 4.69) is 0 Å². The highest BCUT2D eigenvalue weighted by molar-refractivity contribution is 5.73. The van der Waals surface area contributed by atoms with Gasteiger partial charge in [0.25, 0.3) is 0 Å². The Bertz CT molecular complexity index is 950. The highest BCUT2D eigenvalue weighted by atomic mass is 16.5. The second-order valence-corrected chi connectivity index (χ2v) is 8.04. The van der Waals surface area contributed by atoms with Crippen molar-refractivity contribution in [3.8, 4) is 11.5 Å². The van der Waals surface area contributed by atoms with Gasteiger partial charge < -0.3 is 29.9 Å². The summed E-state index contributed by atoms with van der Waals surface area (Å²) >= 11 is 0. The van der Waals surface area contributed by atoms with Gasteiger partial charge >= 0.3 is 11.9 Å². The van der Waals surface area contributed by atoms with Gasteiger partial charge in [-0.1, -0.05) is 38.1 Å². The summed E-state index contributed by atoms with van der Waals surface area (Å²) in [5.41, 5.74) is -0.858. The lowest BCUT2D eigenvalue weighted by Crippen LogP contribution is -2.34. The van der Waals surface area contributed by atoms with Crippen LogP contribution in [-0.4, -0.2) is 45.6 Å². The van der Waals surface area contributed by atoms with Crippen LogP contribution in [0.25, 0.3) is 12.2 Å². The Morgan fingerprint density at radius 1 is 0.714 bits per heavy atom.